The fourth-order valence-corrected chi connectivity index (χ4v) is 4.64. The van der Waals surface area contributed by atoms with Crippen molar-refractivity contribution in [3.8, 4) is 0 Å². The molecule has 116 valence electrons. The van der Waals surface area contributed by atoms with Crippen LogP contribution in [0.5, 0.6) is 0 Å². The molecule has 0 saturated heterocycles. The molecule has 3 aromatic carbocycles. The molecule has 1 heterocycles. The van der Waals surface area contributed by atoms with Gasteiger partial charge in [0.05, 0.1) is 0 Å². The molecule has 0 amide bonds. The molecule has 0 spiro atoms. The third-order valence-electron chi connectivity index (χ3n) is 4.42. The zero-order valence-corrected chi connectivity index (χ0v) is 14.4. The van der Waals surface area contributed by atoms with E-state index in [0.29, 0.717) is 5.66 Å². The van der Waals surface area contributed by atoms with E-state index in [1.165, 1.54) is 35.8 Å². The predicted octanol–water partition coefficient (Wildman–Crippen LogP) is 6.38. The summed E-state index contributed by atoms with van der Waals surface area (Å²) in [5.41, 5.74) is 6.03. The first-order valence-corrected chi connectivity index (χ1v) is 9.31. The fourth-order valence-electron chi connectivity index (χ4n) is 3.17. The molecule has 1 aliphatic rings. The molecule has 0 saturated carbocycles. The number of rotatable bonds is 3. The molecule has 1 heteroatoms. The minimum Gasteiger partial charge on any atom is -0.0873 e. The molecule has 0 bridgehead atoms. The van der Waals surface area contributed by atoms with E-state index in [1.807, 2.05) is 0 Å². The van der Waals surface area contributed by atoms with E-state index in [1.54, 1.807) is 0 Å². The lowest BCUT2D eigenvalue weighted by molar-refractivity contribution is 0.982. The van der Waals surface area contributed by atoms with Crippen molar-refractivity contribution in [3.63, 3.8) is 0 Å². The molecule has 1 unspecified atom stereocenters. The van der Waals surface area contributed by atoms with Gasteiger partial charge in [-0.2, -0.15) is 0 Å². The van der Waals surface area contributed by atoms with Crippen molar-refractivity contribution < 1.29 is 0 Å². The maximum Gasteiger partial charge on any atom is 0.0305 e. The quantitative estimate of drug-likeness (QED) is 0.490. The Hall–Kier alpha value is -2.43. The van der Waals surface area contributed by atoms with E-state index >= 15 is 0 Å². The standard InChI is InChI=1S/C23H19P/c1-4-10-18(11-5-1)21-16-22(19-12-6-2-7-13-19)24-23(17-21)20-14-8-3-9-15-20/h1-16,23H,17H2. The average molecular weight is 326 g/mol. The van der Waals surface area contributed by atoms with E-state index in [4.69, 9.17) is 0 Å². The Morgan fingerprint density at radius 3 is 1.79 bits per heavy atom. The lowest BCUT2D eigenvalue weighted by Gasteiger charge is -2.22. The molecular weight excluding hydrogens is 307 g/mol. The van der Waals surface area contributed by atoms with E-state index in [9.17, 15) is 0 Å². The molecular formula is C23H19P. The van der Waals surface area contributed by atoms with Crippen LogP contribution in [0.4, 0.5) is 0 Å². The van der Waals surface area contributed by atoms with Gasteiger partial charge in [-0.3, -0.25) is 0 Å². The monoisotopic (exact) mass is 326 g/mol. The molecule has 1 atom stereocenters. The van der Waals surface area contributed by atoms with Gasteiger partial charge in [-0.25, -0.2) is 0 Å². The van der Waals surface area contributed by atoms with Crippen LogP contribution in [0, 0.1) is 0 Å². The smallest absolute Gasteiger partial charge is 0.0305 e. The fraction of sp³-hybridized carbons (Fsp3) is 0.0870. The lowest BCUT2D eigenvalue weighted by Crippen LogP contribution is -2.05. The molecule has 0 nitrogen and oxygen atoms in total. The minimum atomic E-state index is 0.515. The zero-order valence-electron chi connectivity index (χ0n) is 13.5. The van der Waals surface area contributed by atoms with Crippen LogP contribution in [0.1, 0.15) is 28.8 Å². The van der Waals surface area contributed by atoms with Crippen molar-refractivity contribution in [2.24, 2.45) is 0 Å². The topological polar surface area (TPSA) is 0 Å². The Morgan fingerprint density at radius 1 is 0.625 bits per heavy atom. The van der Waals surface area contributed by atoms with Crippen LogP contribution in [-0.2, 0) is 0 Å². The maximum absolute atomic E-state index is 2.39. The third-order valence-corrected chi connectivity index (χ3v) is 5.88. The van der Waals surface area contributed by atoms with Gasteiger partial charge in [0.1, 0.15) is 0 Å². The minimum absolute atomic E-state index is 0.515. The highest BCUT2D eigenvalue weighted by Crippen LogP contribution is 2.42. The summed E-state index contributed by atoms with van der Waals surface area (Å²) in [6, 6.07) is 32.5. The van der Waals surface area contributed by atoms with Gasteiger partial charge in [0.25, 0.3) is 0 Å². The highest BCUT2D eigenvalue weighted by Gasteiger charge is 2.19. The van der Waals surface area contributed by atoms with Crippen molar-refractivity contribution in [2.45, 2.75) is 12.1 Å². The number of hydrogen-bond acceptors (Lipinski definition) is 0. The highest BCUT2D eigenvalue weighted by molar-refractivity contribution is 7.42. The van der Waals surface area contributed by atoms with Crippen LogP contribution in [0.15, 0.2) is 97.1 Å². The predicted molar refractivity (Wildman–Crippen MR) is 106 cm³/mol. The van der Waals surface area contributed by atoms with Gasteiger partial charge in [-0.1, -0.05) is 99.2 Å². The summed E-state index contributed by atoms with van der Waals surface area (Å²) in [6.45, 7) is 0. The molecule has 0 N–H and O–H groups in total. The normalized spacial score (nSPS) is 17.8. The van der Waals surface area contributed by atoms with Crippen molar-refractivity contribution >= 4 is 19.1 Å². The van der Waals surface area contributed by atoms with E-state index in [-0.39, 0.29) is 0 Å². The Bertz CT molecular complexity index is 862. The molecule has 0 aromatic heterocycles. The van der Waals surface area contributed by atoms with Gasteiger partial charge in [0.15, 0.2) is 0 Å². The maximum atomic E-state index is 2.39. The van der Waals surface area contributed by atoms with Crippen molar-refractivity contribution in [1.29, 1.82) is 0 Å². The first-order valence-electron chi connectivity index (χ1n) is 8.34. The first-order chi connectivity index (χ1) is 11.9. The summed E-state index contributed by atoms with van der Waals surface area (Å²) in [7, 11) is 1.39. The summed E-state index contributed by atoms with van der Waals surface area (Å²) < 4.78 is 0. The van der Waals surface area contributed by atoms with Gasteiger partial charge in [-0.15, -0.1) is 0 Å². The van der Waals surface area contributed by atoms with Gasteiger partial charge in [0.2, 0.25) is 0 Å². The van der Waals surface area contributed by atoms with Crippen LogP contribution in [0.25, 0.3) is 5.57 Å². The number of allylic oxidation sites excluding steroid dienone is 2. The van der Waals surface area contributed by atoms with Crippen LogP contribution in [0.2, 0.25) is 0 Å². The van der Waals surface area contributed by atoms with Gasteiger partial charge >= 0.3 is 0 Å². The van der Waals surface area contributed by atoms with Gasteiger partial charge in [-0.05, 0) is 34.8 Å². The van der Waals surface area contributed by atoms with Crippen LogP contribution in [-0.4, -0.2) is 5.29 Å². The van der Waals surface area contributed by atoms with Gasteiger partial charge in [0, 0.05) is 11.0 Å². The lowest BCUT2D eigenvalue weighted by atomic mass is 9.95. The molecule has 1 aliphatic heterocycles. The molecule has 0 radical (unpaired) electrons. The van der Waals surface area contributed by atoms with Crippen LogP contribution in [0.3, 0.4) is 0 Å². The van der Waals surface area contributed by atoms with Crippen molar-refractivity contribution in [3.05, 3.63) is 114 Å². The van der Waals surface area contributed by atoms with Crippen molar-refractivity contribution in [2.75, 3.05) is 0 Å². The van der Waals surface area contributed by atoms with Crippen molar-refractivity contribution in [1.82, 2.24) is 0 Å². The average Bonchev–Trinajstić information content (AvgIpc) is 2.70. The summed E-state index contributed by atoms with van der Waals surface area (Å²) >= 11 is 0. The zero-order chi connectivity index (χ0) is 16.2. The third kappa shape index (κ3) is 3.25. The van der Waals surface area contributed by atoms with Crippen LogP contribution >= 0.6 is 8.20 Å². The molecule has 4 rings (SSSR count). The van der Waals surface area contributed by atoms with Crippen LogP contribution < -0.4 is 0 Å². The summed E-state index contributed by atoms with van der Waals surface area (Å²) in [4.78, 5) is 0. The number of benzene rings is 3. The number of hydrogen-bond donors (Lipinski definition) is 0. The highest BCUT2D eigenvalue weighted by atomic mass is 31.1. The molecule has 0 aliphatic carbocycles. The SMILES string of the molecule is C1=C(c2ccccc2)CC(c2ccccc2)P=C1c1ccccc1. The molecule has 24 heavy (non-hydrogen) atoms. The molecule has 3 aromatic rings. The summed E-state index contributed by atoms with van der Waals surface area (Å²) in [6.07, 6.45) is 3.48. The second-order valence-electron chi connectivity index (χ2n) is 6.05. The Morgan fingerprint density at radius 2 is 1.17 bits per heavy atom. The van der Waals surface area contributed by atoms with E-state index in [0.717, 1.165) is 6.42 Å². The van der Waals surface area contributed by atoms with Gasteiger partial charge < -0.3 is 0 Å². The Labute approximate surface area is 145 Å². The Kier molecular flexibility index (Phi) is 4.40. The van der Waals surface area contributed by atoms with E-state index in [2.05, 4.69) is 97.1 Å². The second-order valence-corrected chi connectivity index (χ2v) is 7.41. The van der Waals surface area contributed by atoms with E-state index < -0.39 is 0 Å². The summed E-state index contributed by atoms with van der Waals surface area (Å²) in [5, 5.41) is 1.41. The second kappa shape index (κ2) is 6.99. The summed E-state index contributed by atoms with van der Waals surface area (Å²) in [5.74, 6) is 0. The Balaban J connectivity index is 1.79. The first kappa shape index (κ1) is 15.1. The molecule has 0 fully saturated rings. The largest absolute Gasteiger partial charge is 0.0873 e.